The minimum absolute atomic E-state index is 0.286. The lowest BCUT2D eigenvalue weighted by atomic mass is 9.98. The van der Waals surface area contributed by atoms with Crippen molar-refractivity contribution in [3.8, 4) is 0 Å². The summed E-state index contributed by atoms with van der Waals surface area (Å²) in [4.78, 5) is 0. The van der Waals surface area contributed by atoms with Gasteiger partial charge in [-0.05, 0) is 35.4 Å². The van der Waals surface area contributed by atoms with Crippen LogP contribution in [0.5, 0.6) is 0 Å². The van der Waals surface area contributed by atoms with Crippen molar-refractivity contribution >= 4 is 0 Å². The van der Waals surface area contributed by atoms with Gasteiger partial charge in [0.1, 0.15) is 0 Å². The molecule has 0 heterocycles. The van der Waals surface area contributed by atoms with E-state index in [1.54, 1.807) is 0 Å². The van der Waals surface area contributed by atoms with E-state index >= 15 is 0 Å². The molecular formula is C12H17N. The van der Waals surface area contributed by atoms with Gasteiger partial charge in [-0.15, -0.1) is 0 Å². The van der Waals surface area contributed by atoms with Gasteiger partial charge in [-0.2, -0.15) is 0 Å². The topological polar surface area (TPSA) is 26.0 Å². The van der Waals surface area contributed by atoms with Gasteiger partial charge in [0.2, 0.25) is 0 Å². The van der Waals surface area contributed by atoms with E-state index in [0.717, 1.165) is 12.8 Å². The van der Waals surface area contributed by atoms with Crippen LogP contribution < -0.4 is 5.73 Å². The Morgan fingerprint density at radius 1 is 1.38 bits per heavy atom. The lowest BCUT2D eigenvalue weighted by Crippen LogP contribution is -2.05. The Balaban J connectivity index is 2.42. The first-order chi connectivity index (χ1) is 6.18. The van der Waals surface area contributed by atoms with Crippen molar-refractivity contribution < 1.29 is 0 Å². The number of aryl methyl sites for hydroxylation is 1. The number of benzene rings is 1. The van der Waals surface area contributed by atoms with Crippen LogP contribution in [0.1, 0.15) is 48.9 Å². The van der Waals surface area contributed by atoms with Crippen LogP contribution in [-0.2, 0) is 6.42 Å². The Morgan fingerprint density at radius 3 is 2.85 bits per heavy atom. The Morgan fingerprint density at radius 2 is 2.15 bits per heavy atom. The van der Waals surface area contributed by atoms with Gasteiger partial charge < -0.3 is 5.73 Å². The molecule has 0 bridgehead atoms. The zero-order valence-corrected chi connectivity index (χ0v) is 8.38. The van der Waals surface area contributed by atoms with Gasteiger partial charge in [0, 0.05) is 6.04 Å². The number of rotatable bonds is 1. The Bertz CT molecular complexity index is 315. The van der Waals surface area contributed by atoms with Gasteiger partial charge in [-0.3, -0.25) is 0 Å². The monoisotopic (exact) mass is 175 g/mol. The lowest BCUT2D eigenvalue weighted by molar-refractivity contribution is 0.712. The SMILES string of the molecule is CC(C)c1ccc2c(c1)[C@H](N)CC2. The van der Waals surface area contributed by atoms with Crippen LogP contribution in [0.4, 0.5) is 0 Å². The van der Waals surface area contributed by atoms with Crippen LogP contribution in [0.2, 0.25) is 0 Å². The second-order valence-electron chi connectivity index (χ2n) is 4.26. The molecule has 1 aromatic carbocycles. The largest absolute Gasteiger partial charge is 0.324 e. The Hall–Kier alpha value is -0.820. The third-order valence-electron chi connectivity index (χ3n) is 2.96. The van der Waals surface area contributed by atoms with Crippen molar-refractivity contribution in [2.45, 2.75) is 38.6 Å². The van der Waals surface area contributed by atoms with E-state index in [1.807, 2.05) is 0 Å². The van der Waals surface area contributed by atoms with E-state index in [9.17, 15) is 0 Å². The molecule has 70 valence electrons. The molecule has 1 nitrogen and oxygen atoms in total. The summed E-state index contributed by atoms with van der Waals surface area (Å²) in [6.45, 7) is 4.45. The summed E-state index contributed by atoms with van der Waals surface area (Å²) in [5, 5.41) is 0. The number of hydrogen-bond donors (Lipinski definition) is 1. The predicted molar refractivity (Wildman–Crippen MR) is 55.8 cm³/mol. The van der Waals surface area contributed by atoms with E-state index in [-0.39, 0.29) is 6.04 Å². The quantitative estimate of drug-likeness (QED) is 0.697. The summed E-state index contributed by atoms with van der Waals surface area (Å²) in [5.74, 6) is 0.609. The summed E-state index contributed by atoms with van der Waals surface area (Å²) in [5.41, 5.74) is 10.3. The van der Waals surface area contributed by atoms with Gasteiger partial charge >= 0.3 is 0 Å². The molecule has 0 fully saturated rings. The van der Waals surface area contributed by atoms with Crippen LogP contribution in [0.3, 0.4) is 0 Å². The maximum absolute atomic E-state index is 6.02. The standard InChI is InChI=1S/C12H17N/c1-8(2)10-4-3-9-5-6-12(13)11(9)7-10/h3-4,7-8,12H,5-6,13H2,1-2H3/t12-/m1/s1. The van der Waals surface area contributed by atoms with Gasteiger partial charge in [0.25, 0.3) is 0 Å². The van der Waals surface area contributed by atoms with Crippen LogP contribution >= 0.6 is 0 Å². The molecule has 1 aliphatic carbocycles. The van der Waals surface area contributed by atoms with Crippen molar-refractivity contribution in [1.29, 1.82) is 0 Å². The molecule has 0 saturated carbocycles. The third-order valence-corrected chi connectivity index (χ3v) is 2.96. The Labute approximate surface area is 80.0 Å². The first-order valence-electron chi connectivity index (χ1n) is 5.07. The van der Waals surface area contributed by atoms with Crippen molar-refractivity contribution in [3.05, 3.63) is 34.9 Å². The van der Waals surface area contributed by atoms with Gasteiger partial charge in [0.15, 0.2) is 0 Å². The second-order valence-corrected chi connectivity index (χ2v) is 4.26. The number of fused-ring (bicyclic) bond motifs is 1. The zero-order valence-electron chi connectivity index (χ0n) is 8.38. The fourth-order valence-electron chi connectivity index (χ4n) is 2.01. The highest BCUT2D eigenvalue weighted by molar-refractivity contribution is 5.38. The summed E-state index contributed by atoms with van der Waals surface area (Å²) < 4.78 is 0. The molecule has 0 aromatic heterocycles. The molecule has 13 heavy (non-hydrogen) atoms. The van der Waals surface area contributed by atoms with Crippen LogP contribution in [-0.4, -0.2) is 0 Å². The van der Waals surface area contributed by atoms with Crippen molar-refractivity contribution in [1.82, 2.24) is 0 Å². The zero-order chi connectivity index (χ0) is 9.42. The number of nitrogens with two attached hydrogens (primary N) is 1. The van der Waals surface area contributed by atoms with Gasteiger partial charge in [-0.1, -0.05) is 32.0 Å². The highest BCUT2D eigenvalue weighted by atomic mass is 14.6. The highest BCUT2D eigenvalue weighted by Gasteiger charge is 2.19. The van der Waals surface area contributed by atoms with Crippen LogP contribution in [0.15, 0.2) is 18.2 Å². The molecule has 2 N–H and O–H groups in total. The fourth-order valence-corrected chi connectivity index (χ4v) is 2.01. The average Bonchev–Trinajstić information content (AvgIpc) is 2.47. The minimum atomic E-state index is 0.286. The molecule has 0 unspecified atom stereocenters. The van der Waals surface area contributed by atoms with Gasteiger partial charge in [0.05, 0.1) is 0 Å². The lowest BCUT2D eigenvalue weighted by Gasteiger charge is -2.10. The van der Waals surface area contributed by atoms with Gasteiger partial charge in [-0.25, -0.2) is 0 Å². The summed E-state index contributed by atoms with van der Waals surface area (Å²) >= 11 is 0. The maximum Gasteiger partial charge on any atom is 0.0300 e. The maximum atomic E-state index is 6.02. The molecule has 1 atom stereocenters. The van der Waals surface area contributed by atoms with Crippen LogP contribution in [0, 0.1) is 0 Å². The fraction of sp³-hybridized carbons (Fsp3) is 0.500. The molecule has 1 aromatic rings. The van der Waals surface area contributed by atoms with E-state index < -0.39 is 0 Å². The summed E-state index contributed by atoms with van der Waals surface area (Å²) in [6, 6.07) is 7.06. The molecule has 0 spiro atoms. The molecule has 2 rings (SSSR count). The van der Waals surface area contributed by atoms with Crippen molar-refractivity contribution in [2.24, 2.45) is 5.73 Å². The van der Waals surface area contributed by atoms with E-state index in [0.29, 0.717) is 5.92 Å². The molecule has 0 saturated heterocycles. The third kappa shape index (κ3) is 1.49. The molecule has 0 aliphatic heterocycles. The van der Waals surface area contributed by atoms with E-state index in [4.69, 9.17) is 5.73 Å². The Kier molecular flexibility index (Phi) is 2.12. The first-order valence-corrected chi connectivity index (χ1v) is 5.07. The predicted octanol–water partition coefficient (Wildman–Crippen LogP) is 2.76. The van der Waals surface area contributed by atoms with Crippen molar-refractivity contribution in [3.63, 3.8) is 0 Å². The first kappa shape index (κ1) is 8.76. The van der Waals surface area contributed by atoms with E-state index in [1.165, 1.54) is 16.7 Å². The molecule has 0 amide bonds. The van der Waals surface area contributed by atoms with Crippen LogP contribution in [0.25, 0.3) is 0 Å². The molecule has 1 aliphatic rings. The summed E-state index contributed by atoms with van der Waals surface area (Å²) in [6.07, 6.45) is 2.28. The molecule has 1 heteroatoms. The second kappa shape index (κ2) is 3.15. The minimum Gasteiger partial charge on any atom is -0.324 e. The molecule has 0 radical (unpaired) electrons. The molecular weight excluding hydrogens is 158 g/mol. The van der Waals surface area contributed by atoms with E-state index in [2.05, 4.69) is 32.0 Å². The average molecular weight is 175 g/mol. The number of hydrogen-bond acceptors (Lipinski definition) is 1. The smallest absolute Gasteiger partial charge is 0.0300 e. The normalized spacial score (nSPS) is 20.8. The highest BCUT2D eigenvalue weighted by Crippen LogP contribution is 2.31. The van der Waals surface area contributed by atoms with Crippen molar-refractivity contribution in [2.75, 3.05) is 0 Å². The summed E-state index contributed by atoms with van der Waals surface area (Å²) in [7, 11) is 0.